The molecule has 2 heterocycles. The van der Waals surface area contributed by atoms with E-state index in [9.17, 15) is 38.7 Å². The first-order chi connectivity index (χ1) is 29.6. The standard InChI is InChI=1S/C45H63F2N7O9/c1-29(2)23-34(50-38(57)35(24-31-15-9-7-10-16-31)51-39(58)36(52-41(60)61)25-32-17-11-8-12-18-32)37(56)49-33(19-13-14-21-48-42(62)63-43(4,5)6)40(59)54-26-44(27-54)20-22-53(30(3)55)28-45(44,46)47/h7-12,15-18,29,33-36,52H,13-14,19-28H2,1-6H3,(H,48,62)(H,49,56)(H,50,57)(H,51,58)(H,60,61). The van der Waals surface area contributed by atoms with Crippen LogP contribution in [0.2, 0.25) is 0 Å². The molecule has 0 aliphatic carbocycles. The molecule has 63 heavy (non-hydrogen) atoms. The number of alkyl halides is 2. The van der Waals surface area contributed by atoms with Crippen molar-refractivity contribution in [2.45, 2.75) is 122 Å². The molecular formula is C45H63F2N7O9. The number of carbonyl (C=O) groups excluding carboxylic acids is 6. The molecule has 4 unspecified atom stereocenters. The summed E-state index contributed by atoms with van der Waals surface area (Å²) in [5.41, 5.74) is -0.886. The number of carbonyl (C=O) groups is 7. The number of nitrogens with zero attached hydrogens (tertiary/aromatic N) is 2. The molecule has 0 aromatic heterocycles. The Bertz CT molecular complexity index is 1910. The number of hydrogen-bond acceptors (Lipinski definition) is 8. The lowest BCUT2D eigenvalue weighted by molar-refractivity contribution is -0.224. The summed E-state index contributed by atoms with van der Waals surface area (Å²) < 4.78 is 36.3. The number of halogens is 2. The van der Waals surface area contributed by atoms with Gasteiger partial charge < -0.3 is 46.2 Å². The highest BCUT2D eigenvalue weighted by Gasteiger charge is 2.64. The Balaban J connectivity index is 1.53. The lowest BCUT2D eigenvalue weighted by Gasteiger charge is -2.57. The molecule has 2 aromatic rings. The number of benzene rings is 2. The van der Waals surface area contributed by atoms with Gasteiger partial charge in [-0.25, -0.2) is 18.4 Å². The highest BCUT2D eigenvalue weighted by molar-refractivity contribution is 5.95. The van der Waals surface area contributed by atoms with Crippen LogP contribution in [0.15, 0.2) is 60.7 Å². The van der Waals surface area contributed by atoms with Gasteiger partial charge in [-0.2, -0.15) is 0 Å². The number of hydrogen-bond donors (Lipinski definition) is 6. The monoisotopic (exact) mass is 883 g/mol. The molecule has 2 aliphatic heterocycles. The van der Waals surface area contributed by atoms with E-state index in [4.69, 9.17) is 4.74 Å². The van der Waals surface area contributed by atoms with E-state index >= 15 is 8.78 Å². The van der Waals surface area contributed by atoms with Crippen LogP contribution in [-0.4, -0.2) is 125 Å². The molecule has 2 fully saturated rings. The number of nitrogens with one attached hydrogen (secondary N) is 5. The first kappa shape index (κ1) is 49.8. The lowest BCUT2D eigenvalue weighted by atomic mass is 9.69. The maximum absolute atomic E-state index is 15.5. The average Bonchev–Trinajstić information content (AvgIpc) is 3.17. The highest BCUT2D eigenvalue weighted by atomic mass is 19.3. The molecule has 0 bridgehead atoms. The molecular weight excluding hydrogens is 821 g/mol. The summed E-state index contributed by atoms with van der Waals surface area (Å²) >= 11 is 0. The Hall–Kier alpha value is -5.81. The third-order valence-corrected chi connectivity index (χ3v) is 11.1. The van der Waals surface area contributed by atoms with E-state index in [-0.39, 0.29) is 64.2 Å². The van der Waals surface area contributed by atoms with Crippen molar-refractivity contribution in [3.05, 3.63) is 71.8 Å². The Morgan fingerprint density at radius 3 is 1.73 bits per heavy atom. The number of alkyl carbamates (subject to hydrolysis) is 1. The number of unbranched alkanes of at least 4 members (excludes halogenated alkanes) is 1. The smallest absolute Gasteiger partial charge is 0.407 e. The van der Waals surface area contributed by atoms with Crippen LogP contribution in [0.5, 0.6) is 0 Å². The summed E-state index contributed by atoms with van der Waals surface area (Å²) in [5, 5.41) is 22.7. The summed E-state index contributed by atoms with van der Waals surface area (Å²) in [7, 11) is 0. The molecule has 16 nitrogen and oxygen atoms in total. The van der Waals surface area contributed by atoms with Crippen LogP contribution in [-0.2, 0) is 41.6 Å². The van der Waals surface area contributed by atoms with E-state index in [1.165, 1.54) is 11.8 Å². The van der Waals surface area contributed by atoms with Gasteiger partial charge in [-0.3, -0.25) is 24.0 Å². The van der Waals surface area contributed by atoms with Gasteiger partial charge in [0.15, 0.2) is 0 Å². The SMILES string of the molecule is CC(=O)N1CCC2(CN(C(=O)C(CCCCNC(=O)OC(C)(C)C)NC(=O)C(CC(C)C)NC(=O)C(Cc3ccccc3)NC(=O)C(Cc3ccccc3)NC(=O)O)C2)C(F)(F)C1. The maximum atomic E-state index is 15.5. The fourth-order valence-electron chi connectivity index (χ4n) is 7.76. The van der Waals surface area contributed by atoms with E-state index < -0.39 is 89.4 Å². The van der Waals surface area contributed by atoms with Crippen molar-refractivity contribution in [2.24, 2.45) is 11.3 Å². The number of carboxylic acid groups (broad SMARTS) is 1. The van der Waals surface area contributed by atoms with E-state index in [0.717, 1.165) is 4.90 Å². The van der Waals surface area contributed by atoms with E-state index in [1.54, 1.807) is 81.4 Å². The molecule has 2 aromatic carbocycles. The zero-order valence-corrected chi connectivity index (χ0v) is 37.0. The Kier molecular flexibility index (Phi) is 17.4. The van der Waals surface area contributed by atoms with Gasteiger partial charge >= 0.3 is 12.2 Å². The van der Waals surface area contributed by atoms with Gasteiger partial charge in [0.1, 0.15) is 29.8 Å². The number of likely N-dealkylation sites (tertiary alicyclic amines) is 2. The Labute approximate surface area is 367 Å². The van der Waals surface area contributed by atoms with Crippen LogP contribution in [0.4, 0.5) is 18.4 Å². The number of ether oxygens (including phenoxy) is 1. The second-order valence-electron chi connectivity index (χ2n) is 18.0. The van der Waals surface area contributed by atoms with Crippen LogP contribution in [0.25, 0.3) is 0 Å². The summed E-state index contributed by atoms with van der Waals surface area (Å²) in [6.45, 7) is 9.11. The van der Waals surface area contributed by atoms with Gasteiger partial charge in [0.25, 0.3) is 5.92 Å². The first-order valence-electron chi connectivity index (χ1n) is 21.5. The van der Waals surface area contributed by atoms with Crippen molar-refractivity contribution >= 4 is 41.7 Å². The van der Waals surface area contributed by atoms with Crippen molar-refractivity contribution in [3.63, 3.8) is 0 Å². The third kappa shape index (κ3) is 14.9. The van der Waals surface area contributed by atoms with Gasteiger partial charge in [0.2, 0.25) is 29.5 Å². The van der Waals surface area contributed by atoms with Gasteiger partial charge in [-0.1, -0.05) is 74.5 Å². The fourth-order valence-corrected chi connectivity index (χ4v) is 7.76. The number of rotatable bonds is 19. The second-order valence-corrected chi connectivity index (χ2v) is 18.0. The van der Waals surface area contributed by atoms with Gasteiger partial charge in [-0.05, 0) is 69.9 Å². The molecule has 4 rings (SSSR count). The minimum absolute atomic E-state index is 0.000721. The minimum Gasteiger partial charge on any atom is -0.465 e. The first-order valence-corrected chi connectivity index (χ1v) is 21.5. The molecule has 0 radical (unpaired) electrons. The molecule has 346 valence electrons. The molecule has 7 amide bonds. The Morgan fingerprint density at radius 1 is 0.730 bits per heavy atom. The summed E-state index contributed by atoms with van der Waals surface area (Å²) in [5.74, 6) is -6.65. The van der Waals surface area contributed by atoms with Crippen LogP contribution in [0.1, 0.15) is 84.8 Å². The van der Waals surface area contributed by atoms with Crippen LogP contribution >= 0.6 is 0 Å². The van der Waals surface area contributed by atoms with Crippen molar-refractivity contribution < 1.29 is 52.2 Å². The second kappa shape index (κ2) is 22.0. The van der Waals surface area contributed by atoms with Gasteiger partial charge in [0, 0.05) is 45.9 Å². The summed E-state index contributed by atoms with van der Waals surface area (Å²) in [6, 6.07) is 12.6. The largest absolute Gasteiger partial charge is 0.465 e. The Morgan fingerprint density at radius 2 is 1.24 bits per heavy atom. The van der Waals surface area contributed by atoms with Crippen LogP contribution in [0.3, 0.4) is 0 Å². The predicted octanol–water partition coefficient (Wildman–Crippen LogP) is 4.02. The fraction of sp³-hybridized carbons (Fsp3) is 0.578. The van der Waals surface area contributed by atoms with Gasteiger partial charge in [-0.15, -0.1) is 0 Å². The number of piperidine rings is 1. The van der Waals surface area contributed by atoms with E-state index in [0.29, 0.717) is 24.0 Å². The lowest BCUT2D eigenvalue weighted by Crippen LogP contribution is -2.72. The molecule has 2 aliphatic rings. The van der Waals surface area contributed by atoms with Crippen molar-refractivity contribution in [1.29, 1.82) is 0 Å². The molecule has 4 atom stereocenters. The van der Waals surface area contributed by atoms with Crippen molar-refractivity contribution in [1.82, 2.24) is 36.4 Å². The van der Waals surface area contributed by atoms with Crippen LogP contribution in [0, 0.1) is 11.3 Å². The summed E-state index contributed by atoms with van der Waals surface area (Å²) in [4.78, 5) is 94.4. The van der Waals surface area contributed by atoms with Crippen molar-refractivity contribution in [2.75, 3.05) is 32.7 Å². The van der Waals surface area contributed by atoms with Crippen LogP contribution < -0.4 is 26.6 Å². The average molecular weight is 884 g/mol. The zero-order chi connectivity index (χ0) is 46.5. The van der Waals surface area contributed by atoms with Gasteiger partial charge in [0.05, 0.1) is 12.0 Å². The predicted molar refractivity (Wildman–Crippen MR) is 229 cm³/mol. The normalized spacial score (nSPS) is 17.3. The maximum Gasteiger partial charge on any atom is 0.407 e. The molecule has 6 N–H and O–H groups in total. The van der Waals surface area contributed by atoms with Crippen molar-refractivity contribution in [3.8, 4) is 0 Å². The zero-order valence-electron chi connectivity index (χ0n) is 37.0. The molecule has 1 spiro atoms. The van der Waals surface area contributed by atoms with E-state index in [1.807, 2.05) is 13.8 Å². The minimum atomic E-state index is -3.25. The quantitative estimate of drug-likeness (QED) is 0.112. The van der Waals surface area contributed by atoms with E-state index in [2.05, 4.69) is 26.6 Å². The molecule has 0 saturated carbocycles. The third-order valence-electron chi connectivity index (χ3n) is 11.1. The summed E-state index contributed by atoms with van der Waals surface area (Å²) in [6.07, 6.45) is -1.16. The highest BCUT2D eigenvalue weighted by Crippen LogP contribution is 2.50. The molecule has 2 saturated heterocycles. The number of amides is 7. The molecule has 18 heteroatoms. The topological polar surface area (TPSA) is 216 Å².